The highest BCUT2D eigenvalue weighted by Crippen LogP contribution is 2.63. The molecule has 0 bridgehead atoms. The van der Waals surface area contributed by atoms with Gasteiger partial charge in [0, 0.05) is 18.5 Å². The number of aliphatic hydroxyl groups excluding tert-OH is 1. The van der Waals surface area contributed by atoms with E-state index >= 15 is 0 Å². The van der Waals surface area contributed by atoms with Gasteiger partial charge in [0.1, 0.15) is 0 Å². The molecule has 4 rings (SSSR count). The number of aliphatic hydroxyl groups is 1. The van der Waals surface area contributed by atoms with Gasteiger partial charge in [0.2, 0.25) is 5.91 Å². The fraction of sp³-hybridized carbons (Fsp3) is 0.842. The molecule has 3 fully saturated rings. The van der Waals surface area contributed by atoms with E-state index in [9.17, 15) is 9.90 Å². The van der Waals surface area contributed by atoms with Crippen molar-refractivity contribution in [3.8, 4) is 0 Å². The highest BCUT2D eigenvalue weighted by molar-refractivity contribution is 5.89. The highest BCUT2D eigenvalue weighted by Gasteiger charge is 2.60. The van der Waals surface area contributed by atoms with Gasteiger partial charge in [-0.1, -0.05) is 26.3 Å². The van der Waals surface area contributed by atoms with Crippen molar-refractivity contribution in [3.05, 3.63) is 12.2 Å². The van der Waals surface area contributed by atoms with E-state index in [2.05, 4.69) is 19.9 Å². The zero-order chi connectivity index (χ0) is 15.7. The molecule has 0 aromatic carbocycles. The molecule has 22 heavy (non-hydrogen) atoms. The number of carbonyl (C=O) groups is 1. The first-order chi connectivity index (χ1) is 10.4. The van der Waals surface area contributed by atoms with Gasteiger partial charge in [0.05, 0.1) is 6.10 Å². The molecule has 1 amide bonds. The molecule has 0 aromatic heterocycles. The smallest absolute Gasteiger partial charge is 0.246 e. The van der Waals surface area contributed by atoms with Crippen LogP contribution in [0.5, 0.6) is 0 Å². The van der Waals surface area contributed by atoms with Gasteiger partial charge in [-0.25, -0.2) is 0 Å². The molecule has 1 N–H and O–H groups in total. The summed E-state index contributed by atoms with van der Waals surface area (Å²) in [6, 6.07) is 0.159. The summed E-state index contributed by atoms with van der Waals surface area (Å²) in [6.07, 6.45) is 10.9. The lowest BCUT2D eigenvalue weighted by molar-refractivity contribution is -0.154. The maximum absolute atomic E-state index is 12.0. The number of hydrogen-bond donors (Lipinski definition) is 1. The van der Waals surface area contributed by atoms with Crippen LogP contribution in [0.4, 0.5) is 0 Å². The average molecular weight is 303 g/mol. The topological polar surface area (TPSA) is 40.5 Å². The van der Waals surface area contributed by atoms with Crippen molar-refractivity contribution in [1.29, 1.82) is 0 Å². The van der Waals surface area contributed by atoms with Crippen molar-refractivity contribution in [2.75, 3.05) is 7.05 Å². The number of carbonyl (C=O) groups excluding carboxylic acids is 1. The molecule has 1 heterocycles. The molecular formula is C19H29NO2. The first-order valence-electron chi connectivity index (χ1n) is 9.01. The Labute approximate surface area is 133 Å². The van der Waals surface area contributed by atoms with Gasteiger partial charge >= 0.3 is 0 Å². The molecule has 3 aliphatic carbocycles. The molecule has 0 aromatic rings. The fourth-order valence-corrected chi connectivity index (χ4v) is 6.67. The van der Waals surface area contributed by atoms with Gasteiger partial charge in [-0.05, 0) is 61.3 Å². The van der Waals surface area contributed by atoms with Gasteiger partial charge in [-0.2, -0.15) is 0 Å². The monoisotopic (exact) mass is 303 g/mol. The predicted molar refractivity (Wildman–Crippen MR) is 86.1 cm³/mol. The Balaban J connectivity index is 1.75. The molecule has 7 atom stereocenters. The third-order valence-corrected chi connectivity index (χ3v) is 7.94. The van der Waals surface area contributed by atoms with E-state index in [1.54, 1.807) is 6.08 Å². The van der Waals surface area contributed by atoms with Crippen LogP contribution in [-0.4, -0.2) is 35.1 Å². The van der Waals surface area contributed by atoms with Crippen LogP contribution in [-0.2, 0) is 4.79 Å². The summed E-state index contributed by atoms with van der Waals surface area (Å²) < 4.78 is 0. The molecular weight excluding hydrogens is 274 g/mol. The van der Waals surface area contributed by atoms with E-state index in [4.69, 9.17) is 0 Å². The summed E-state index contributed by atoms with van der Waals surface area (Å²) in [4.78, 5) is 13.9. The lowest BCUT2D eigenvalue weighted by Gasteiger charge is -2.61. The van der Waals surface area contributed by atoms with Gasteiger partial charge in [-0.3, -0.25) is 4.79 Å². The Morgan fingerprint density at radius 2 is 2.00 bits per heavy atom. The van der Waals surface area contributed by atoms with Gasteiger partial charge in [0.25, 0.3) is 0 Å². The minimum Gasteiger partial charge on any atom is -0.393 e. The Morgan fingerprint density at radius 3 is 2.77 bits per heavy atom. The summed E-state index contributed by atoms with van der Waals surface area (Å²) in [5.74, 6) is 1.71. The Kier molecular flexibility index (Phi) is 3.08. The van der Waals surface area contributed by atoms with Crippen LogP contribution in [0.15, 0.2) is 12.2 Å². The summed E-state index contributed by atoms with van der Waals surface area (Å²) >= 11 is 0. The second-order valence-electron chi connectivity index (χ2n) is 8.84. The quantitative estimate of drug-likeness (QED) is 0.747. The first kappa shape index (κ1) is 14.7. The SMILES string of the molecule is CN1C(=O)C=C[C@@]2(C)C1CC(O)[C@@H]1[C@H]2CC[C@]2(C)CCC[C@@H]12. The maximum atomic E-state index is 12.0. The van der Waals surface area contributed by atoms with Crippen LogP contribution in [0.25, 0.3) is 0 Å². The van der Waals surface area contributed by atoms with Gasteiger partial charge in [-0.15, -0.1) is 0 Å². The van der Waals surface area contributed by atoms with Crippen molar-refractivity contribution < 1.29 is 9.90 Å². The van der Waals surface area contributed by atoms with Crippen LogP contribution in [0.1, 0.15) is 52.4 Å². The largest absolute Gasteiger partial charge is 0.393 e. The zero-order valence-electron chi connectivity index (χ0n) is 14.1. The molecule has 3 saturated carbocycles. The Bertz CT molecular complexity index is 530. The minimum absolute atomic E-state index is 0.0382. The highest BCUT2D eigenvalue weighted by atomic mass is 16.3. The zero-order valence-corrected chi connectivity index (χ0v) is 14.1. The number of nitrogens with zero attached hydrogens (tertiary/aromatic N) is 1. The van der Waals surface area contributed by atoms with Crippen molar-refractivity contribution >= 4 is 5.91 Å². The van der Waals surface area contributed by atoms with Crippen molar-refractivity contribution in [1.82, 2.24) is 4.90 Å². The van der Waals surface area contributed by atoms with Gasteiger partial charge < -0.3 is 10.0 Å². The molecule has 0 spiro atoms. The summed E-state index contributed by atoms with van der Waals surface area (Å²) in [5, 5.41) is 11.0. The second kappa shape index (κ2) is 4.59. The second-order valence-corrected chi connectivity index (χ2v) is 8.84. The number of rotatable bonds is 0. The van der Waals surface area contributed by atoms with E-state index < -0.39 is 0 Å². The molecule has 2 unspecified atom stereocenters. The maximum Gasteiger partial charge on any atom is 0.246 e. The van der Waals surface area contributed by atoms with E-state index in [0.717, 1.165) is 6.42 Å². The van der Waals surface area contributed by atoms with Crippen molar-refractivity contribution in [3.63, 3.8) is 0 Å². The normalized spacial score (nSPS) is 53.9. The van der Waals surface area contributed by atoms with Crippen LogP contribution in [0.2, 0.25) is 0 Å². The third kappa shape index (κ3) is 1.75. The van der Waals surface area contributed by atoms with Crippen LogP contribution >= 0.6 is 0 Å². The molecule has 0 saturated heterocycles. The summed E-state index contributed by atoms with van der Waals surface area (Å²) in [7, 11) is 1.91. The fourth-order valence-electron chi connectivity index (χ4n) is 6.67. The molecule has 1 aliphatic heterocycles. The van der Waals surface area contributed by atoms with E-state index in [-0.39, 0.29) is 23.5 Å². The van der Waals surface area contributed by atoms with Crippen LogP contribution < -0.4 is 0 Å². The number of likely N-dealkylation sites (N-methyl/N-ethyl adjacent to an activating group) is 1. The Morgan fingerprint density at radius 1 is 1.23 bits per heavy atom. The van der Waals surface area contributed by atoms with Crippen LogP contribution in [0, 0.1) is 28.6 Å². The molecule has 3 heteroatoms. The number of amides is 1. The van der Waals surface area contributed by atoms with E-state index in [1.165, 1.54) is 32.1 Å². The lowest BCUT2D eigenvalue weighted by atomic mass is 9.48. The lowest BCUT2D eigenvalue weighted by Crippen LogP contribution is -2.63. The molecule has 0 radical (unpaired) electrons. The van der Waals surface area contributed by atoms with E-state index in [0.29, 0.717) is 23.2 Å². The average Bonchev–Trinajstić information content (AvgIpc) is 2.87. The number of fused-ring (bicyclic) bond motifs is 5. The third-order valence-electron chi connectivity index (χ3n) is 7.94. The van der Waals surface area contributed by atoms with Crippen molar-refractivity contribution in [2.45, 2.75) is 64.5 Å². The first-order valence-corrected chi connectivity index (χ1v) is 9.01. The Hall–Kier alpha value is -0.830. The van der Waals surface area contributed by atoms with E-state index in [1.807, 2.05) is 11.9 Å². The standard InChI is InChI=1S/C19H29NO2/c1-18-8-4-5-12(18)17-13(6-9-18)19(2)10-7-16(22)20(3)15(19)11-14(17)21/h7,10,12-15,17,21H,4-6,8-9,11H2,1-3H3/t12-,13+,14?,15?,17-,18-,19+/m0/s1. The van der Waals surface area contributed by atoms with Crippen LogP contribution in [0.3, 0.4) is 0 Å². The molecule has 122 valence electrons. The predicted octanol–water partition coefficient (Wildman–Crippen LogP) is 2.99. The summed E-state index contributed by atoms with van der Waals surface area (Å²) in [6.45, 7) is 4.78. The minimum atomic E-state index is -0.243. The van der Waals surface area contributed by atoms with Gasteiger partial charge in [0.15, 0.2) is 0 Å². The summed E-state index contributed by atoms with van der Waals surface area (Å²) in [5.41, 5.74) is 0.488. The number of hydrogen-bond acceptors (Lipinski definition) is 2. The van der Waals surface area contributed by atoms with Crippen molar-refractivity contribution in [2.24, 2.45) is 28.6 Å². The molecule has 4 aliphatic rings. The molecule has 3 nitrogen and oxygen atoms in total.